The zero-order valence-corrected chi connectivity index (χ0v) is 21.1. The smallest absolute Gasteiger partial charge is 0.145 e. The highest BCUT2D eigenvalue weighted by Crippen LogP contribution is 2.39. The highest BCUT2D eigenvalue weighted by molar-refractivity contribution is 6.23. The SMILES string of the molecule is c1ccc(-c2ccccc2Nc2cccc(-c3ccc4oc5c(ccc6[nH]c7ccccc7c65)c4c3)c2)cc1. The molecule has 3 heteroatoms. The Morgan fingerprint density at radius 2 is 1.31 bits per heavy atom. The van der Waals surface area contributed by atoms with Crippen LogP contribution in [0.2, 0.25) is 0 Å². The zero-order chi connectivity index (χ0) is 25.8. The van der Waals surface area contributed by atoms with Gasteiger partial charge in [-0.2, -0.15) is 0 Å². The minimum atomic E-state index is 0.901. The number of nitrogens with one attached hydrogen (secondary N) is 2. The van der Waals surface area contributed by atoms with Crippen LogP contribution < -0.4 is 5.32 Å². The molecular formula is C36H24N2O. The molecule has 0 aliphatic carbocycles. The molecule has 0 bridgehead atoms. The average molecular weight is 501 g/mol. The fourth-order valence-electron chi connectivity index (χ4n) is 5.74. The van der Waals surface area contributed by atoms with E-state index >= 15 is 0 Å². The van der Waals surface area contributed by atoms with Gasteiger partial charge in [0.1, 0.15) is 11.2 Å². The monoisotopic (exact) mass is 500 g/mol. The van der Waals surface area contributed by atoms with Gasteiger partial charge in [-0.25, -0.2) is 0 Å². The maximum atomic E-state index is 6.45. The lowest BCUT2D eigenvalue weighted by Crippen LogP contribution is -1.93. The summed E-state index contributed by atoms with van der Waals surface area (Å²) in [7, 11) is 0. The molecule has 0 unspecified atom stereocenters. The second-order valence-corrected chi connectivity index (χ2v) is 9.97. The van der Waals surface area contributed by atoms with Crippen LogP contribution in [0.5, 0.6) is 0 Å². The molecule has 0 spiro atoms. The number of hydrogen-bond acceptors (Lipinski definition) is 2. The Hall–Kier alpha value is -5.28. The minimum absolute atomic E-state index is 0.901. The maximum absolute atomic E-state index is 6.45. The van der Waals surface area contributed by atoms with Crippen LogP contribution in [0.1, 0.15) is 0 Å². The predicted molar refractivity (Wildman–Crippen MR) is 164 cm³/mol. The van der Waals surface area contributed by atoms with E-state index in [1.54, 1.807) is 0 Å². The number of anilines is 2. The number of aromatic amines is 1. The summed E-state index contributed by atoms with van der Waals surface area (Å²) in [5.41, 5.74) is 10.9. The first-order valence-electron chi connectivity index (χ1n) is 13.2. The van der Waals surface area contributed by atoms with Crippen molar-refractivity contribution in [3.63, 3.8) is 0 Å². The lowest BCUT2D eigenvalue weighted by atomic mass is 10.0. The summed E-state index contributed by atoms with van der Waals surface area (Å²) in [6, 6.07) is 46.7. The molecule has 3 nitrogen and oxygen atoms in total. The molecule has 184 valence electrons. The predicted octanol–water partition coefficient (Wildman–Crippen LogP) is 10.3. The van der Waals surface area contributed by atoms with E-state index in [4.69, 9.17) is 4.42 Å². The van der Waals surface area contributed by atoms with Gasteiger partial charge in [-0.05, 0) is 65.2 Å². The van der Waals surface area contributed by atoms with Crippen molar-refractivity contribution in [1.82, 2.24) is 4.98 Å². The average Bonchev–Trinajstić information content (AvgIpc) is 3.56. The van der Waals surface area contributed by atoms with Gasteiger partial charge < -0.3 is 14.7 Å². The standard InChI is InChI=1S/C36H24N2O/c1-2-9-23(10-3-1)27-13-4-6-15-31(27)37-26-12-8-11-24(21-26)25-17-20-34-30(22-25)28-18-19-33-35(36(28)39-34)29-14-5-7-16-32(29)38-33/h1-22,37-38H. The molecule has 0 saturated heterocycles. The lowest BCUT2D eigenvalue weighted by Gasteiger charge is -2.13. The largest absolute Gasteiger partial charge is 0.455 e. The molecule has 8 aromatic rings. The van der Waals surface area contributed by atoms with E-state index in [0.29, 0.717) is 0 Å². The van der Waals surface area contributed by atoms with Gasteiger partial charge in [-0.1, -0.05) is 84.9 Å². The van der Waals surface area contributed by atoms with Crippen LogP contribution in [-0.2, 0) is 0 Å². The maximum Gasteiger partial charge on any atom is 0.145 e. The molecule has 0 saturated carbocycles. The summed E-state index contributed by atoms with van der Waals surface area (Å²) in [5.74, 6) is 0. The second-order valence-electron chi connectivity index (χ2n) is 9.97. The van der Waals surface area contributed by atoms with Crippen molar-refractivity contribution in [2.75, 3.05) is 5.32 Å². The number of rotatable bonds is 4. The fourth-order valence-corrected chi connectivity index (χ4v) is 5.74. The number of hydrogen-bond donors (Lipinski definition) is 2. The van der Waals surface area contributed by atoms with E-state index in [9.17, 15) is 0 Å². The number of furan rings is 1. The van der Waals surface area contributed by atoms with Gasteiger partial charge in [-0.3, -0.25) is 0 Å². The third-order valence-electron chi connectivity index (χ3n) is 7.59. The summed E-state index contributed by atoms with van der Waals surface area (Å²) in [4.78, 5) is 3.53. The van der Waals surface area contributed by atoms with Crippen molar-refractivity contribution >= 4 is 55.1 Å². The third kappa shape index (κ3) is 3.59. The first-order chi connectivity index (χ1) is 19.3. The van der Waals surface area contributed by atoms with Crippen LogP contribution >= 0.6 is 0 Å². The molecule has 0 amide bonds. The van der Waals surface area contributed by atoms with E-state index in [1.165, 1.54) is 16.5 Å². The Morgan fingerprint density at radius 3 is 2.26 bits per heavy atom. The van der Waals surface area contributed by atoms with Crippen LogP contribution in [0.3, 0.4) is 0 Å². The van der Waals surface area contributed by atoms with Crippen molar-refractivity contribution in [1.29, 1.82) is 0 Å². The quantitative estimate of drug-likeness (QED) is 0.252. The number of para-hydroxylation sites is 2. The minimum Gasteiger partial charge on any atom is -0.455 e. The van der Waals surface area contributed by atoms with E-state index in [0.717, 1.165) is 60.9 Å². The molecule has 0 aliphatic rings. The molecule has 0 fully saturated rings. The number of H-pyrrole nitrogens is 1. The number of benzene rings is 6. The summed E-state index contributed by atoms with van der Waals surface area (Å²) in [6.45, 7) is 0. The van der Waals surface area contributed by atoms with Gasteiger partial charge in [0.25, 0.3) is 0 Å². The van der Waals surface area contributed by atoms with E-state index in [1.807, 2.05) is 6.07 Å². The molecule has 0 aliphatic heterocycles. The second kappa shape index (κ2) is 8.64. The van der Waals surface area contributed by atoms with Crippen LogP contribution in [-0.4, -0.2) is 4.98 Å². The topological polar surface area (TPSA) is 41.0 Å². The summed E-state index contributed by atoms with van der Waals surface area (Å²) in [6.07, 6.45) is 0. The Bertz CT molecular complexity index is 2150. The highest BCUT2D eigenvalue weighted by atomic mass is 16.3. The van der Waals surface area contributed by atoms with Gasteiger partial charge in [0.05, 0.1) is 10.9 Å². The van der Waals surface area contributed by atoms with Crippen LogP contribution in [0, 0.1) is 0 Å². The first-order valence-corrected chi connectivity index (χ1v) is 13.2. The van der Waals surface area contributed by atoms with Gasteiger partial charge >= 0.3 is 0 Å². The van der Waals surface area contributed by atoms with Gasteiger partial charge in [-0.15, -0.1) is 0 Å². The fraction of sp³-hybridized carbons (Fsp3) is 0. The van der Waals surface area contributed by atoms with Crippen molar-refractivity contribution in [2.45, 2.75) is 0 Å². The third-order valence-corrected chi connectivity index (χ3v) is 7.59. The molecule has 39 heavy (non-hydrogen) atoms. The summed E-state index contributed by atoms with van der Waals surface area (Å²) in [5, 5.41) is 8.25. The lowest BCUT2D eigenvalue weighted by molar-refractivity contribution is 0.673. The first kappa shape index (κ1) is 21.8. The highest BCUT2D eigenvalue weighted by Gasteiger charge is 2.15. The van der Waals surface area contributed by atoms with E-state index < -0.39 is 0 Å². The molecule has 0 atom stereocenters. The molecule has 8 rings (SSSR count). The van der Waals surface area contributed by atoms with Crippen LogP contribution in [0.4, 0.5) is 11.4 Å². The van der Waals surface area contributed by atoms with E-state index in [2.05, 4.69) is 138 Å². The Kier molecular flexibility index (Phi) is 4.82. The molecule has 2 heterocycles. The summed E-state index contributed by atoms with van der Waals surface area (Å²) >= 11 is 0. The normalized spacial score (nSPS) is 11.6. The van der Waals surface area contributed by atoms with Gasteiger partial charge in [0, 0.05) is 38.6 Å². The molecule has 2 N–H and O–H groups in total. The van der Waals surface area contributed by atoms with E-state index in [-0.39, 0.29) is 0 Å². The zero-order valence-electron chi connectivity index (χ0n) is 21.1. The van der Waals surface area contributed by atoms with Crippen molar-refractivity contribution in [2.24, 2.45) is 0 Å². The molecule has 6 aromatic carbocycles. The molecule has 2 aromatic heterocycles. The van der Waals surface area contributed by atoms with Gasteiger partial charge in [0.15, 0.2) is 0 Å². The molecule has 0 radical (unpaired) electrons. The Balaban J connectivity index is 1.21. The van der Waals surface area contributed by atoms with Crippen molar-refractivity contribution < 1.29 is 4.42 Å². The number of fused-ring (bicyclic) bond motifs is 7. The number of aromatic nitrogens is 1. The summed E-state index contributed by atoms with van der Waals surface area (Å²) < 4.78 is 6.45. The molecular weight excluding hydrogens is 476 g/mol. The van der Waals surface area contributed by atoms with Crippen molar-refractivity contribution in [3.8, 4) is 22.3 Å². The van der Waals surface area contributed by atoms with Crippen LogP contribution in [0.25, 0.3) is 66.0 Å². The Morgan fingerprint density at radius 1 is 0.513 bits per heavy atom. The van der Waals surface area contributed by atoms with Gasteiger partial charge in [0.2, 0.25) is 0 Å². The Labute approximate surface area is 225 Å². The van der Waals surface area contributed by atoms with Crippen LogP contribution in [0.15, 0.2) is 138 Å². The van der Waals surface area contributed by atoms with Crippen molar-refractivity contribution in [3.05, 3.63) is 133 Å².